The lowest BCUT2D eigenvalue weighted by Crippen LogP contribution is -2.29. The number of rotatable bonds is 7. The molecule has 0 radical (unpaired) electrons. The van der Waals surface area contributed by atoms with Crippen molar-refractivity contribution in [2.75, 3.05) is 25.6 Å². The summed E-state index contributed by atoms with van der Waals surface area (Å²) in [5.41, 5.74) is 2.69. The molecule has 1 fully saturated rings. The van der Waals surface area contributed by atoms with E-state index in [2.05, 4.69) is 4.98 Å². The van der Waals surface area contributed by atoms with E-state index >= 15 is 0 Å². The zero-order valence-electron chi connectivity index (χ0n) is 19.7. The van der Waals surface area contributed by atoms with E-state index in [1.807, 2.05) is 50.2 Å². The van der Waals surface area contributed by atoms with Gasteiger partial charge in [-0.1, -0.05) is 23.7 Å². The predicted molar refractivity (Wildman–Crippen MR) is 135 cm³/mol. The van der Waals surface area contributed by atoms with Crippen LogP contribution in [0.2, 0.25) is 5.02 Å². The lowest BCUT2D eigenvalue weighted by molar-refractivity contribution is -0.140. The highest BCUT2D eigenvalue weighted by Crippen LogP contribution is 2.42. The quantitative estimate of drug-likeness (QED) is 0.290. The van der Waals surface area contributed by atoms with E-state index in [0.717, 1.165) is 11.3 Å². The van der Waals surface area contributed by atoms with Gasteiger partial charge >= 0.3 is 0 Å². The van der Waals surface area contributed by atoms with Crippen molar-refractivity contribution in [2.24, 2.45) is 0 Å². The molecule has 35 heavy (non-hydrogen) atoms. The van der Waals surface area contributed by atoms with E-state index < -0.39 is 17.7 Å². The summed E-state index contributed by atoms with van der Waals surface area (Å²) in [7, 11) is 3.86. The summed E-state index contributed by atoms with van der Waals surface area (Å²) >= 11 is 6.40. The number of anilines is 1. The van der Waals surface area contributed by atoms with Crippen LogP contribution >= 0.6 is 11.6 Å². The average molecular weight is 492 g/mol. The Morgan fingerprint density at radius 2 is 1.77 bits per heavy atom. The average Bonchev–Trinajstić information content (AvgIpc) is 3.10. The number of halogens is 1. The molecule has 1 unspecified atom stereocenters. The van der Waals surface area contributed by atoms with E-state index in [-0.39, 0.29) is 28.5 Å². The number of nitrogens with zero attached hydrogens (tertiary/aromatic N) is 3. The van der Waals surface area contributed by atoms with Crippen LogP contribution in [0.15, 0.2) is 72.6 Å². The third kappa shape index (κ3) is 4.86. The van der Waals surface area contributed by atoms with Gasteiger partial charge in [0.15, 0.2) is 0 Å². The zero-order chi connectivity index (χ0) is 25.1. The van der Waals surface area contributed by atoms with Gasteiger partial charge in [-0.3, -0.25) is 14.6 Å². The molecule has 2 aromatic carbocycles. The first-order valence-electron chi connectivity index (χ1n) is 11.2. The Hall–Kier alpha value is -3.84. The van der Waals surface area contributed by atoms with Crippen LogP contribution in [0.25, 0.3) is 5.76 Å². The molecule has 180 valence electrons. The summed E-state index contributed by atoms with van der Waals surface area (Å²) < 4.78 is 5.54. The van der Waals surface area contributed by atoms with Gasteiger partial charge in [0.2, 0.25) is 0 Å². The molecule has 3 aromatic rings. The fraction of sp³-hybridized carbons (Fsp3) is 0.222. The maximum atomic E-state index is 13.3. The smallest absolute Gasteiger partial charge is 0.295 e. The lowest BCUT2D eigenvalue weighted by atomic mass is 9.94. The van der Waals surface area contributed by atoms with Crippen LogP contribution in [-0.2, 0) is 16.1 Å². The topological polar surface area (TPSA) is 83.0 Å². The highest BCUT2D eigenvalue weighted by molar-refractivity contribution is 6.47. The first-order valence-corrected chi connectivity index (χ1v) is 11.6. The van der Waals surface area contributed by atoms with Crippen LogP contribution in [0, 0.1) is 0 Å². The Kier molecular flexibility index (Phi) is 7.07. The van der Waals surface area contributed by atoms with Crippen LogP contribution in [0.4, 0.5) is 5.69 Å². The summed E-state index contributed by atoms with van der Waals surface area (Å²) in [4.78, 5) is 34.0. The number of hydrogen-bond acceptors (Lipinski definition) is 6. The van der Waals surface area contributed by atoms with Crippen molar-refractivity contribution in [1.82, 2.24) is 9.88 Å². The number of aliphatic hydroxyl groups is 1. The molecular formula is C27H26ClN3O4. The number of carbonyl (C=O) groups is 2. The van der Waals surface area contributed by atoms with Crippen molar-refractivity contribution in [3.8, 4) is 5.75 Å². The number of pyridine rings is 1. The van der Waals surface area contributed by atoms with E-state index in [1.165, 1.54) is 4.90 Å². The number of aromatic nitrogens is 1. The Bertz CT molecular complexity index is 1270. The molecule has 7 nitrogen and oxygen atoms in total. The zero-order valence-corrected chi connectivity index (χ0v) is 20.5. The molecule has 1 aliphatic heterocycles. The van der Waals surface area contributed by atoms with Gasteiger partial charge in [-0.15, -0.1) is 0 Å². The first-order chi connectivity index (χ1) is 16.8. The Morgan fingerprint density at radius 1 is 1.09 bits per heavy atom. The standard InChI is InChI=1S/C27H26ClN3O4/c1-4-35-20-9-10-22(28)21(15-20)25(32)23-24(18-5-7-19(8-6-18)30(2)3)31(27(34)26(23)33)16-17-11-13-29-14-12-17/h5-15,24,32H,4,16H2,1-3H3/b25-23+. The summed E-state index contributed by atoms with van der Waals surface area (Å²) in [6.45, 7) is 2.45. The second kappa shape index (κ2) is 10.2. The number of ether oxygens (including phenoxy) is 1. The van der Waals surface area contributed by atoms with Crippen molar-refractivity contribution in [1.29, 1.82) is 0 Å². The molecule has 0 bridgehead atoms. The van der Waals surface area contributed by atoms with Crippen molar-refractivity contribution < 1.29 is 19.4 Å². The Morgan fingerprint density at radius 3 is 2.40 bits per heavy atom. The van der Waals surface area contributed by atoms with E-state index in [1.54, 1.807) is 42.7 Å². The number of amides is 1. The van der Waals surface area contributed by atoms with Crippen molar-refractivity contribution in [3.63, 3.8) is 0 Å². The number of likely N-dealkylation sites (tertiary alicyclic amines) is 1. The van der Waals surface area contributed by atoms with Gasteiger partial charge in [-0.05, 0) is 60.5 Å². The predicted octanol–water partition coefficient (Wildman–Crippen LogP) is 4.82. The van der Waals surface area contributed by atoms with Gasteiger partial charge in [-0.25, -0.2) is 0 Å². The molecule has 1 aromatic heterocycles. The van der Waals surface area contributed by atoms with Crippen molar-refractivity contribution in [3.05, 3.63) is 94.3 Å². The van der Waals surface area contributed by atoms with Crippen molar-refractivity contribution >= 4 is 34.7 Å². The highest BCUT2D eigenvalue weighted by atomic mass is 35.5. The van der Waals surface area contributed by atoms with E-state index in [0.29, 0.717) is 17.9 Å². The van der Waals surface area contributed by atoms with Crippen molar-refractivity contribution in [2.45, 2.75) is 19.5 Å². The minimum Gasteiger partial charge on any atom is -0.507 e. The Balaban J connectivity index is 1.87. The second-order valence-electron chi connectivity index (χ2n) is 8.34. The number of Topliss-reactive ketones (excluding diaryl/α,β-unsaturated/α-hetero) is 1. The van der Waals surface area contributed by atoms with Gasteiger partial charge < -0.3 is 19.6 Å². The number of ketones is 1. The molecule has 2 heterocycles. The van der Waals surface area contributed by atoms with Crippen LogP contribution in [0.5, 0.6) is 5.75 Å². The minimum atomic E-state index is -0.800. The van der Waals surface area contributed by atoms with Gasteiger partial charge in [-0.2, -0.15) is 0 Å². The molecule has 1 aliphatic rings. The largest absolute Gasteiger partial charge is 0.507 e. The molecular weight excluding hydrogens is 466 g/mol. The molecule has 4 rings (SSSR count). The summed E-state index contributed by atoms with van der Waals surface area (Å²) in [5.74, 6) is -1.30. The summed E-state index contributed by atoms with van der Waals surface area (Å²) in [5, 5.41) is 11.6. The number of carbonyl (C=O) groups excluding carboxylic acids is 2. The molecule has 8 heteroatoms. The fourth-order valence-electron chi connectivity index (χ4n) is 4.12. The highest BCUT2D eigenvalue weighted by Gasteiger charge is 2.46. The van der Waals surface area contributed by atoms with Gasteiger partial charge in [0.05, 0.1) is 23.2 Å². The SMILES string of the molecule is CCOc1ccc(Cl)c(/C(O)=C2\C(=O)C(=O)N(Cc3ccncc3)C2c2ccc(N(C)C)cc2)c1. The fourth-order valence-corrected chi connectivity index (χ4v) is 4.32. The normalized spacial score (nSPS) is 17.0. The molecule has 0 spiro atoms. The second-order valence-corrected chi connectivity index (χ2v) is 8.75. The molecule has 0 aliphatic carbocycles. The molecule has 1 amide bonds. The maximum Gasteiger partial charge on any atom is 0.295 e. The van der Waals surface area contributed by atoms with Crippen LogP contribution in [0.1, 0.15) is 29.7 Å². The van der Waals surface area contributed by atoms with Crippen LogP contribution in [0.3, 0.4) is 0 Å². The molecule has 0 saturated carbocycles. The summed E-state index contributed by atoms with van der Waals surface area (Å²) in [6.07, 6.45) is 3.26. The summed E-state index contributed by atoms with van der Waals surface area (Å²) in [6, 6.07) is 15.2. The number of aliphatic hydroxyl groups excluding tert-OH is 1. The molecule has 1 saturated heterocycles. The lowest BCUT2D eigenvalue weighted by Gasteiger charge is -2.26. The monoisotopic (exact) mass is 491 g/mol. The third-order valence-corrected chi connectivity index (χ3v) is 6.20. The molecule has 1 N–H and O–H groups in total. The number of hydrogen-bond donors (Lipinski definition) is 1. The van der Waals surface area contributed by atoms with Gasteiger partial charge in [0.1, 0.15) is 11.5 Å². The molecule has 1 atom stereocenters. The maximum absolute atomic E-state index is 13.3. The number of benzene rings is 2. The minimum absolute atomic E-state index is 0.0165. The van der Waals surface area contributed by atoms with Gasteiger partial charge in [0.25, 0.3) is 11.7 Å². The van der Waals surface area contributed by atoms with Crippen LogP contribution < -0.4 is 9.64 Å². The van der Waals surface area contributed by atoms with E-state index in [9.17, 15) is 14.7 Å². The van der Waals surface area contributed by atoms with E-state index in [4.69, 9.17) is 16.3 Å². The first kappa shape index (κ1) is 24.3. The van der Waals surface area contributed by atoms with Gasteiger partial charge in [0, 0.05) is 44.3 Å². The third-order valence-electron chi connectivity index (χ3n) is 5.87. The Labute approximate surface area is 209 Å². The van der Waals surface area contributed by atoms with Crippen LogP contribution in [-0.4, -0.2) is 47.4 Å².